The van der Waals surface area contributed by atoms with Gasteiger partial charge in [-0.2, -0.15) is 0 Å². The average molecular weight is 398 g/mol. The van der Waals surface area contributed by atoms with Crippen molar-refractivity contribution in [2.75, 3.05) is 11.5 Å². The molecule has 0 bridgehead atoms. The lowest BCUT2D eigenvalue weighted by molar-refractivity contribution is -0.128. The van der Waals surface area contributed by atoms with Crippen molar-refractivity contribution >= 4 is 21.8 Å². The van der Waals surface area contributed by atoms with Crippen molar-refractivity contribution in [3.8, 4) is 0 Å². The van der Waals surface area contributed by atoms with E-state index in [1.165, 1.54) is 5.56 Å². The van der Waals surface area contributed by atoms with Crippen LogP contribution in [0.2, 0.25) is 0 Å². The third kappa shape index (κ3) is 5.32. The summed E-state index contributed by atoms with van der Waals surface area (Å²) in [6.07, 6.45) is 4.80. The molecule has 0 unspecified atom stereocenters. The molecule has 2 aromatic carbocycles. The summed E-state index contributed by atoms with van der Waals surface area (Å²) < 4.78 is 23.9. The summed E-state index contributed by atoms with van der Waals surface area (Å²) in [6, 6.07) is 15.8. The highest BCUT2D eigenvalue weighted by Crippen LogP contribution is 2.21. The van der Waals surface area contributed by atoms with Gasteiger partial charge < -0.3 is 4.90 Å². The summed E-state index contributed by atoms with van der Waals surface area (Å²) >= 11 is 0. The third-order valence-electron chi connectivity index (χ3n) is 5.21. The van der Waals surface area contributed by atoms with Crippen LogP contribution in [-0.2, 0) is 27.6 Å². The van der Waals surface area contributed by atoms with Crippen LogP contribution in [0.25, 0.3) is 6.08 Å². The van der Waals surface area contributed by atoms with Gasteiger partial charge in [0.1, 0.15) is 0 Å². The lowest BCUT2D eigenvalue weighted by atomic mass is 10.1. The van der Waals surface area contributed by atoms with E-state index in [0.717, 1.165) is 23.1 Å². The fourth-order valence-corrected chi connectivity index (χ4v) is 5.16. The van der Waals surface area contributed by atoms with Crippen LogP contribution in [0.3, 0.4) is 0 Å². The first-order valence-corrected chi connectivity index (χ1v) is 11.5. The van der Waals surface area contributed by atoms with Gasteiger partial charge in [0.2, 0.25) is 5.91 Å². The van der Waals surface area contributed by atoms with E-state index in [9.17, 15) is 13.2 Å². The van der Waals surface area contributed by atoms with Gasteiger partial charge in [-0.15, -0.1) is 0 Å². The molecule has 1 aliphatic rings. The van der Waals surface area contributed by atoms with Crippen molar-refractivity contribution in [1.82, 2.24) is 4.90 Å². The van der Waals surface area contributed by atoms with Gasteiger partial charge in [-0.25, -0.2) is 8.42 Å². The van der Waals surface area contributed by atoms with Crippen LogP contribution < -0.4 is 0 Å². The number of carbonyl (C=O) groups is 1. The van der Waals surface area contributed by atoms with E-state index in [0.29, 0.717) is 13.0 Å². The zero-order chi connectivity index (χ0) is 20.1. The molecule has 0 aliphatic carbocycles. The Kier molecular flexibility index (Phi) is 6.35. The smallest absolute Gasteiger partial charge is 0.247 e. The molecule has 0 aromatic heterocycles. The van der Waals surface area contributed by atoms with E-state index >= 15 is 0 Å². The van der Waals surface area contributed by atoms with Crippen LogP contribution in [0.15, 0.2) is 54.6 Å². The summed E-state index contributed by atoms with van der Waals surface area (Å²) in [5, 5.41) is 0. The quantitative estimate of drug-likeness (QED) is 0.697. The Morgan fingerprint density at radius 1 is 1.07 bits per heavy atom. The van der Waals surface area contributed by atoms with Crippen molar-refractivity contribution in [2.24, 2.45) is 0 Å². The van der Waals surface area contributed by atoms with Crippen LogP contribution >= 0.6 is 0 Å². The molecule has 3 rings (SSSR count). The Labute approximate surface area is 167 Å². The van der Waals surface area contributed by atoms with E-state index in [1.807, 2.05) is 43.3 Å². The maximum absolute atomic E-state index is 13.0. The highest BCUT2D eigenvalue weighted by atomic mass is 32.2. The second-order valence-electron chi connectivity index (χ2n) is 7.44. The second kappa shape index (κ2) is 8.74. The predicted molar refractivity (Wildman–Crippen MR) is 114 cm³/mol. The van der Waals surface area contributed by atoms with Gasteiger partial charge in [-0.3, -0.25) is 4.79 Å². The molecule has 4 nitrogen and oxygen atoms in total. The predicted octanol–water partition coefficient (Wildman–Crippen LogP) is 3.79. The van der Waals surface area contributed by atoms with Crippen molar-refractivity contribution in [3.63, 3.8) is 0 Å². The largest absolute Gasteiger partial charge is 0.331 e. The molecule has 1 heterocycles. The van der Waals surface area contributed by atoms with Gasteiger partial charge in [0, 0.05) is 18.7 Å². The Morgan fingerprint density at radius 3 is 2.29 bits per heavy atom. The molecule has 1 amide bonds. The van der Waals surface area contributed by atoms with Gasteiger partial charge in [0.15, 0.2) is 9.84 Å². The van der Waals surface area contributed by atoms with E-state index in [2.05, 4.69) is 19.1 Å². The number of rotatable bonds is 6. The summed E-state index contributed by atoms with van der Waals surface area (Å²) in [4.78, 5) is 14.7. The van der Waals surface area contributed by atoms with Crippen molar-refractivity contribution in [3.05, 3.63) is 76.9 Å². The van der Waals surface area contributed by atoms with Gasteiger partial charge in [-0.1, -0.05) is 61.0 Å². The first kappa shape index (κ1) is 20.3. The Bertz CT molecular complexity index is 944. The monoisotopic (exact) mass is 397 g/mol. The number of hydrogen-bond acceptors (Lipinski definition) is 3. The molecule has 2 aromatic rings. The maximum Gasteiger partial charge on any atom is 0.247 e. The topological polar surface area (TPSA) is 54.5 Å². The number of benzene rings is 2. The fourth-order valence-electron chi connectivity index (χ4n) is 3.43. The van der Waals surface area contributed by atoms with Crippen molar-refractivity contribution in [1.29, 1.82) is 0 Å². The van der Waals surface area contributed by atoms with Crippen molar-refractivity contribution < 1.29 is 13.2 Å². The summed E-state index contributed by atoms with van der Waals surface area (Å²) in [5.74, 6) is 0.0458. The molecule has 0 saturated carbocycles. The molecule has 1 fully saturated rings. The number of sulfone groups is 1. The Balaban J connectivity index is 1.80. The Morgan fingerprint density at radius 2 is 1.71 bits per heavy atom. The molecule has 1 atom stereocenters. The number of aryl methyl sites for hydroxylation is 2. The first-order valence-electron chi connectivity index (χ1n) is 9.70. The second-order valence-corrected chi connectivity index (χ2v) is 9.67. The molecular formula is C23H27NO3S. The van der Waals surface area contributed by atoms with E-state index in [4.69, 9.17) is 0 Å². The molecule has 0 radical (unpaired) electrons. The van der Waals surface area contributed by atoms with Crippen LogP contribution in [0.5, 0.6) is 0 Å². The molecule has 148 valence electrons. The molecule has 0 spiro atoms. The standard InChI is InChI=1S/C23H27NO3S/c1-3-19-8-10-21(11-9-19)16-24(22-14-15-28(26,27)17-22)23(25)13-12-20-6-4-18(2)5-7-20/h4-13,22H,3,14-17H2,1-2H3/b13-12+/t22-/m0/s1. The van der Waals surface area contributed by atoms with E-state index in [-0.39, 0.29) is 23.5 Å². The zero-order valence-corrected chi connectivity index (χ0v) is 17.3. The van der Waals surface area contributed by atoms with Crippen molar-refractivity contribution in [2.45, 2.75) is 39.3 Å². The average Bonchev–Trinajstić information content (AvgIpc) is 3.05. The number of carbonyl (C=O) groups excluding carboxylic acids is 1. The molecule has 1 saturated heterocycles. The number of hydrogen-bond donors (Lipinski definition) is 0. The van der Waals surface area contributed by atoms with Crippen LogP contribution in [-0.4, -0.2) is 36.8 Å². The normalized spacial score (nSPS) is 18.4. The minimum absolute atomic E-state index is 0.0458. The van der Waals surface area contributed by atoms with Gasteiger partial charge in [0.05, 0.1) is 11.5 Å². The highest BCUT2D eigenvalue weighted by molar-refractivity contribution is 7.91. The minimum Gasteiger partial charge on any atom is -0.331 e. The lowest BCUT2D eigenvalue weighted by Crippen LogP contribution is -2.39. The summed E-state index contributed by atoms with van der Waals surface area (Å²) in [7, 11) is -3.07. The molecule has 5 heteroatoms. The summed E-state index contributed by atoms with van der Waals surface area (Å²) in [6.45, 7) is 4.54. The van der Waals surface area contributed by atoms with E-state index < -0.39 is 9.84 Å². The van der Waals surface area contributed by atoms with E-state index in [1.54, 1.807) is 17.1 Å². The zero-order valence-electron chi connectivity index (χ0n) is 16.5. The third-order valence-corrected chi connectivity index (χ3v) is 6.96. The molecule has 28 heavy (non-hydrogen) atoms. The van der Waals surface area contributed by atoms with Crippen LogP contribution in [0, 0.1) is 6.92 Å². The maximum atomic E-state index is 13.0. The van der Waals surface area contributed by atoms with Gasteiger partial charge >= 0.3 is 0 Å². The first-order chi connectivity index (χ1) is 13.4. The van der Waals surface area contributed by atoms with Crippen LogP contribution in [0.4, 0.5) is 0 Å². The summed E-state index contributed by atoms with van der Waals surface area (Å²) in [5.41, 5.74) is 4.37. The van der Waals surface area contributed by atoms with Gasteiger partial charge in [-0.05, 0) is 42.5 Å². The van der Waals surface area contributed by atoms with Gasteiger partial charge in [0.25, 0.3) is 0 Å². The van der Waals surface area contributed by atoms with Crippen LogP contribution in [0.1, 0.15) is 35.6 Å². The lowest BCUT2D eigenvalue weighted by Gasteiger charge is -2.27. The highest BCUT2D eigenvalue weighted by Gasteiger charge is 2.34. The fraction of sp³-hybridized carbons (Fsp3) is 0.348. The Hall–Kier alpha value is -2.40. The molecule has 0 N–H and O–H groups in total. The number of amides is 1. The molecule has 1 aliphatic heterocycles. The minimum atomic E-state index is -3.07. The molecular weight excluding hydrogens is 370 g/mol. The number of nitrogens with zero attached hydrogens (tertiary/aromatic N) is 1. The SMILES string of the molecule is CCc1ccc(CN(C(=O)/C=C/c2ccc(C)cc2)[C@H]2CCS(=O)(=O)C2)cc1.